The summed E-state index contributed by atoms with van der Waals surface area (Å²) in [5.74, 6) is -0.543. The van der Waals surface area contributed by atoms with Crippen molar-refractivity contribution in [1.82, 2.24) is 4.31 Å². The van der Waals surface area contributed by atoms with Crippen LogP contribution in [0.2, 0.25) is 5.02 Å². The van der Waals surface area contributed by atoms with Gasteiger partial charge in [0.05, 0.1) is 9.95 Å². The van der Waals surface area contributed by atoms with Crippen LogP contribution in [-0.2, 0) is 10.0 Å². The summed E-state index contributed by atoms with van der Waals surface area (Å²) in [7, 11) is -3.77. The van der Waals surface area contributed by atoms with Gasteiger partial charge in [0.2, 0.25) is 10.0 Å². The summed E-state index contributed by atoms with van der Waals surface area (Å²) in [5.41, 5.74) is 0.374. The van der Waals surface area contributed by atoms with Crippen LogP contribution in [0.3, 0.4) is 0 Å². The highest BCUT2D eigenvalue weighted by molar-refractivity contribution is 7.89. The molecule has 2 aromatic carbocycles. The van der Waals surface area contributed by atoms with E-state index in [9.17, 15) is 23.3 Å². The molecule has 0 bridgehead atoms. The Morgan fingerprint density at radius 2 is 1.74 bits per heavy atom. The first-order valence-corrected chi connectivity index (χ1v) is 9.96. The van der Waals surface area contributed by atoms with Crippen molar-refractivity contribution in [3.63, 3.8) is 0 Å². The molecule has 142 valence electrons. The second kappa shape index (κ2) is 7.63. The van der Waals surface area contributed by atoms with Gasteiger partial charge in [-0.25, -0.2) is 8.42 Å². The summed E-state index contributed by atoms with van der Waals surface area (Å²) in [6.07, 6.45) is 1.58. The lowest BCUT2D eigenvalue weighted by molar-refractivity contribution is -0.384. The second-order valence-electron chi connectivity index (χ2n) is 6.01. The molecule has 27 heavy (non-hydrogen) atoms. The first-order chi connectivity index (χ1) is 12.8. The van der Waals surface area contributed by atoms with Crippen LogP contribution in [0.5, 0.6) is 0 Å². The van der Waals surface area contributed by atoms with Gasteiger partial charge < -0.3 is 5.32 Å². The number of nitro benzene ring substituents is 1. The Hall–Kier alpha value is -2.49. The summed E-state index contributed by atoms with van der Waals surface area (Å²) in [6.45, 7) is 0.857. The van der Waals surface area contributed by atoms with E-state index in [1.165, 1.54) is 46.8 Å². The number of anilines is 1. The van der Waals surface area contributed by atoms with Crippen LogP contribution in [0.15, 0.2) is 47.4 Å². The highest BCUT2D eigenvalue weighted by Crippen LogP contribution is 2.28. The molecule has 1 heterocycles. The SMILES string of the molecule is O=C(Nc1ccc([N+](=O)[O-])cc1)c1ccc(Cl)c(S(=O)(=O)N2CCCC2)c1. The summed E-state index contributed by atoms with van der Waals surface area (Å²) < 4.78 is 26.8. The average molecular weight is 410 g/mol. The quantitative estimate of drug-likeness (QED) is 0.601. The Bertz CT molecular complexity index is 986. The smallest absolute Gasteiger partial charge is 0.269 e. The van der Waals surface area contributed by atoms with Crippen LogP contribution in [-0.4, -0.2) is 36.6 Å². The molecule has 0 saturated carbocycles. The third-order valence-electron chi connectivity index (χ3n) is 4.21. The molecule has 8 nitrogen and oxygen atoms in total. The van der Waals surface area contributed by atoms with Gasteiger partial charge in [-0.3, -0.25) is 14.9 Å². The Morgan fingerprint density at radius 3 is 2.33 bits per heavy atom. The fourth-order valence-corrected chi connectivity index (χ4v) is 4.80. The molecule has 2 aromatic rings. The number of hydrogen-bond donors (Lipinski definition) is 1. The predicted molar refractivity (Wildman–Crippen MR) is 100 cm³/mol. The molecule has 0 aliphatic carbocycles. The number of hydrogen-bond acceptors (Lipinski definition) is 5. The van der Waals surface area contributed by atoms with Gasteiger partial charge in [0.15, 0.2) is 0 Å². The second-order valence-corrected chi connectivity index (χ2v) is 8.33. The zero-order chi connectivity index (χ0) is 19.6. The van der Waals surface area contributed by atoms with E-state index in [4.69, 9.17) is 11.6 Å². The molecule has 0 unspecified atom stereocenters. The standard InChI is InChI=1S/C17H16ClN3O5S/c18-15-8-3-12(11-16(15)27(25,26)20-9-1-2-10-20)17(22)19-13-4-6-14(7-5-13)21(23)24/h3-8,11H,1-2,9-10H2,(H,19,22). The number of rotatable bonds is 5. The van der Waals surface area contributed by atoms with E-state index >= 15 is 0 Å². The topological polar surface area (TPSA) is 110 Å². The van der Waals surface area contributed by atoms with Crippen molar-refractivity contribution in [3.05, 3.63) is 63.2 Å². The number of non-ortho nitro benzene ring substituents is 1. The van der Waals surface area contributed by atoms with Gasteiger partial charge in [-0.2, -0.15) is 4.31 Å². The van der Waals surface area contributed by atoms with E-state index in [-0.39, 0.29) is 21.2 Å². The van der Waals surface area contributed by atoms with Crippen molar-refractivity contribution >= 4 is 38.9 Å². The summed E-state index contributed by atoms with van der Waals surface area (Å²) in [6, 6.07) is 9.36. The zero-order valence-corrected chi connectivity index (χ0v) is 15.7. The Labute approximate surface area is 160 Å². The van der Waals surface area contributed by atoms with Gasteiger partial charge in [0.1, 0.15) is 4.90 Å². The normalized spacial score (nSPS) is 14.9. The summed E-state index contributed by atoms with van der Waals surface area (Å²) >= 11 is 6.07. The van der Waals surface area contributed by atoms with Crippen molar-refractivity contribution in [2.75, 3.05) is 18.4 Å². The van der Waals surface area contributed by atoms with Gasteiger partial charge in [-0.15, -0.1) is 0 Å². The summed E-state index contributed by atoms with van der Waals surface area (Å²) in [5, 5.41) is 13.3. The van der Waals surface area contributed by atoms with Gasteiger partial charge in [-0.1, -0.05) is 11.6 Å². The molecule has 1 amide bonds. The lowest BCUT2D eigenvalue weighted by atomic mass is 10.2. The van der Waals surface area contributed by atoms with Crippen LogP contribution in [0, 0.1) is 10.1 Å². The highest BCUT2D eigenvalue weighted by atomic mass is 35.5. The van der Waals surface area contributed by atoms with Gasteiger partial charge in [-0.05, 0) is 43.2 Å². The Kier molecular flexibility index (Phi) is 5.45. The molecule has 1 N–H and O–H groups in total. The van der Waals surface area contributed by atoms with E-state index in [1.807, 2.05) is 0 Å². The molecular weight excluding hydrogens is 394 g/mol. The maximum Gasteiger partial charge on any atom is 0.269 e. The first kappa shape index (κ1) is 19.3. The van der Waals surface area contributed by atoms with E-state index in [0.29, 0.717) is 18.8 Å². The van der Waals surface area contributed by atoms with Crippen molar-refractivity contribution < 1.29 is 18.1 Å². The van der Waals surface area contributed by atoms with Crippen LogP contribution < -0.4 is 5.32 Å². The van der Waals surface area contributed by atoms with Crippen LogP contribution >= 0.6 is 11.6 Å². The molecular formula is C17H16ClN3O5S. The number of nitrogens with zero attached hydrogens (tertiary/aromatic N) is 2. The zero-order valence-electron chi connectivity index (χ0n) is 14.1. The minimum Gasteiger partial charge on any atom is -0.322 e. The van der Waals surface area contributed by atoms with Crippen LogP contribution in [0.1, 0.15) is 23.2 Å². The average Bonchev–Trinajstić information content (AvgIpc) is 3.18. The molecule has 0 aromatic heterocycles. The maximum atomic E-state index is 12.7. The number of nitro groups is 1. The minimum atomic E-state index is -3.77. The van der Waals surface area contributed by atoms with Crippen LogP contribution in [0.25, 0.3) is 0 Å². The highest BCUT2D eigenvalue weighted by Gasteiger charge is 2.29. The monoisotopic (exact) mass is 409 g/mol. The molecule has 1 saturated heterocycles. The predicted octanol–water partition coefficient (Wildman–Crippen LogP) is 3.29. The lowest BCUT2D eigenvalue weighted by Gasteiger charge is -2.17. The Balaban J connectivity index is 1.84. The van der Waals surface area contributed by atoms with Gasteiger partial charge in [0, 0.05) is 36.5 Å². The minimum absolute atomic E-state index is 0.0498. The Morgan fingerprint density at radius 1 is 1.11 bits per heavy atom. The fourth-order valence-electron chi connectivity index (χ4n) is 2.78. The largest absolute Gasteiger partial charge is 0.322 e. The molecule has 1 fully saturated rings. The number of benzene rings is 2. The van der Waals surface area contributed by atoms with E-state index < -0.39 is 20.9 Å². The van der Waals surface area contributed by atoms with Crippen LogP contribution in [0.4, 0.5) is 11.4 Å². The number of carbonyl (C=O) groups is 1. The van der Waals surface area contributed by atoms with E-state index in [0.717, 1.165) is 12.8 Å². The molecule has 1 aliphatic heterocycles. The number of sulfonamides is 1. The van der Waals surface area contributed by atoms with E-state index in [1.54, 1.807) is 0 Å². The summed E-state index contributed by atoms with van der Waals surface area (Å²) in [4.78, 5) is 22.5. The van der Waals surface area contributed by atoms with Gasteiger partial charge in [0.25, 0.3) is 11.6 Å². The van der Waals surface area contributed by atoms with Crippen molar-refractivity contribution in [2.45, 2.75) is 17.7 Å². The molecule has 0 radical (unpaired) electrons. The lowest BCUT2D eigenvalue weighted by Crippen LogP contribution is -2.28. The number of amides is 1. The molecule has 0 atom stereocenters. The van der Waals surface area contributed by atoms with Crippen molar-refractivity contribution in [3.8, 4) is 0 Å². The molecule has 1 aliphatic rings. The fraction of sp³-hybridized carbons (Fsp3) is 0.235. The van der Waals surface area contributed by atoms with E-state index in [2.05, 4.69) is 5.32 Å². The number of nitrogens with one attached hydrogen (secondary N) is 1. The maximum absolute atomic E-state index is 12.7. The third kappa shape index (κ3) is 4.10. The molecule has 3 rings (SSSR count). The first-order valence-electron chi connectivity index (χ1n) is 8.14. The third-order valence-corrected chi connectivity index (χ3v) is 6.59. The molecule has 10 heteroatoms. The van der Waals surface area contributed by atoms with Crippen molar-refractivity contribution in [2.24, 2.45) is 0 Å². The van der Waals surface area contributed by atoms with Gasteiger partial charge >= 0.3 is 0 Å². The number of halogens is 1. The number of carbonyl (C=O) groups excluding carboxylic acids is 1. The van der Waals surface area contributed by atoms with Crippen molar-refractivity contribution in [1.29, 1.82) is 0 Å². The molecule has 0 spiro atoms.